The average Bonchev–Trinajstić information content (AvgIpc) is 2.98. The smallest absolute Gasteiger partial charge is 0.240 e. The molecule has 1 aliphatic rings. The molecule has 0 aliphatic carbocycles. The van der Waals surface area contributed by atoms with Gasteiger partial charge in [0.15, 0.2) is 0 Å². The molecule has 1 heterocycles. The fourth-order valence-electron chi connectivity index (χ4n) is 2.45. The third kappa shape index (κ3) is 4.98. The minimum absolute atomic E-state index is 0.325. The number of nitrogens with zero attached hydrogens (tertiary/aromatic N) is 1. The van der Waals surface area contributed by atoms with E-state index in [0.717, 1.165) is 38.3 Å². The van der Waals surface area contributed by atoms with Gasteiger partial charge in [-0.15, -0.1) is 0 Å². The van der Waals surface area contributed by atoms with Crippen molar-refractivity contribution in [3.05, 3.63) is 24.3 Å². The van der Waals surface area contributed by atoms with Crippen molar-refractivity contribution in [3.63, 3.8) is 0 Å². The van der Waals surface area contributed by atoms with Crippen LogP contribution in [0.1, 0.15) is 26.2 Å². The highest BCUT2D eigenvalue weighted by atomic mass is 32.2. The zero-order valence-electron chi connectivity index (χ0n) is 12.6. The van der Waals surface area contributed by atoms with Crippen molar-refractivity contribution in [1.29, 1.82) is 0 Å². The largest absolute Gasteiger partial charge is 0.385 e. The van der Waals surface area contributed by atoms with Crippen molar-refractivity contribution in [2.45, 2.75) is 31.1 Å². The number of anilines is 1. The van der Waals surface area contributed by atoms with Gasteiger partial charge in [-0.1, -0.05) is 6.92 Å². The van der Waals surface area contributed by atoms with E-state index in [0.29, 0.717) is 11.4 Å². The van der Waals surface area contributed by atoms with Crippen molar-refractivity contribution in [2.24, 2.45) is 0 Å². The lowest BCUT2D eigenvalue weighted by Crippen LogP contribution is -2.33. The highest BCUT2D eigenvalue weighted by Crippen LogP contribution is 2.14. The van der Waals surface area contributed by atoms with Crippen LogP contribution in [0.5, 0.6) is 0 Å². The van der Waals surface area contributed by atoms with E-state index in [1.807, 2.05) is 12.1 Å². The van der Waals surface area contributed by atoms with Gasteiger partial charge in [-0.05, 0) is 56.6 Å². The number of benzene rings is 1. The highest BCUT2D eigenvalue weighted by Gasteiger charge is 2.15. The molecule has 2 N–H and O–H groups in total. The molecule has 0 bridgehead atoms. The van der Waals surface area contributed by atoms with Gasteiger partial charge in [0, 0.05) is 25.3 Å². The van der Waals surface area contributed by atoms with E-state index in [-0.39, 0.29) is 0 Å². The second kappa shape index (κ2) is 7.77. The van der Waals surface area contributed by atoms with Crippen LogP contribution in [0.25, 0.3) is 0 Å². The monoisotopic (exact) mass is 311 g/mol. The van der Waals surface area contributed by atoms with Crippen molar-refractivity contribution < 1.29 is 8.42 Å². The third-order valence-corrected chi connectivity index (χ3v) is 5.14. The summed E-state index contributed by atoms with van der Waals surface area (Å²) in [6, 6.07) is 6.92. The fraction of sp³-hybridized carbons (Fsp3) is 0.600. The van der Waals surface area contributed by atoms with Gasteiger partial charge < -0.3 is 10.2 Å². The van der Waals surface area contributed by atoms with Gasteiger partial charge in [-0.25, -0.2) is 13.1 Å². The molecule has 2 rings (SSSR count). The summed E-state index contributed by atoms with van der Waals surface area (Å²) < 4.78 is 27.0. The van der Waals surface area contributed by atoms with E-state index < -0.39 is 10.0 Å². The van der Waals surface area contributed by atoms with Gasteiger partial charge in [-0.3, -0.25) is 0 Å². The zero-order valence-corrected chi connectivity index (χ0v) is 13.5. The van der Waals surface area contributed by atoms with Crippen LogP contribution in [0, 0.1) is 0 Å². The lowest BCUT2D eigenvalue weighted by atomic mass is 10.3. The number of sulfonamides is 1. The van der Waals surface area contributed by atoms with Crippen molar-refractivity contribution in [3.8, 4) is 0 Å². The molecule has 0 amide bonds. The van der Waals surface area contributed by atoms with E-state index >= 15 is 0 Å². The normalized spacial score (nSPS) is 16.2. The van der Waals surface area contributed by atoms with Gasteiger partial charge in [0.25, 0.3) is 0 Å². The Morgan fingerprint density at radius 2 is 1.76 bits per heavy atom. The minimum Gasteiger partial charge on any atom is -0.385 e. The van der Waals surface area contributed by atoms with Crippen LogP contribution >= 0.6 is 0 Å². The van der Waals surface area contributed by atoms with Gasteiger partial charge in [0.1, 0.15) is 0 Å². The van der Waals surface area contributed by atoms with Crippen LogP contribution in [0.3, 0.4) is 0 Å². The maximum absolute atomic E-state index is 12.2. The van der Waals surface area contributed by atoms with E-state index in [9.17, 15) is 8.42 Å². The first-order valence-electron chi connectivity index (χ1n) is 7.68. The molecule has 21 heavy (non-hydrogen) atoms. The van der Waals surface area contributed by atoms with Crippen LogP contribution in [0.4, 0.5) is 5.69 Å². The zero-order chi connectivity index (χ0) is 15.1. The predicted molar refractivity (Wildman–Crippen MR) is 86.1 cm³/mol. The molecule has 0 unspecified atom stereocenters. The minimum atomic E-state index is -3.39. The molecule has 1 saturated heterocycles. The Morgan fingerprint density at radius 3 is 2.38 bits per heavy atom. The van der Waals surface area contributed by atoms with Crippen molar-refractivity contribution in [1.82, 2.24) is 9.62 Å². The second-order valence-corrected chi connectivity index (χ2v) is 7.16. The molecule has 1 aliphatic heterocycles. The van der Waals surface area contributed by atoms with Gasteiger partial charge >= 0.3 is 0 Å². The Morgan fingerprint density at radius 1 is 1.10 bits per heavy atom. The summed E-state index contributed by atoms with van der Waals surface area (Å²) in [7, 11) is -3.39. The fourth-order valence-corrected chi connectivity index (χ4v) is 3.47. The lowest BCUT2D eigenvalue weighted by molar-refractivity contribution is 0.344. The maximum Gasteiger partial charge on any atom is 0.240 e. The molecule has 1 aromatic carbocycles. The molecule has 0 aromatic heterocycles. The van der Waals surface area contributed by atoms with Crippen LogP contribution in [-0.4, -0.2) is 46.0 Å². The first-order chi connectivity index (χ1) is 10.1. The van der Waals surface area contributed by atoms with Gasteiger partial charge in [0.2, 0.25) is 10.0 Å². The first kappa shape index (κ1) is 16.3. The summed E-state index contributed by atoms with van der Waals surface area (Å²) in [5.41, 5.74) is 0.952. The molecular formula is C15H25N3O2S. The Labute approximate surface area is 127 Å². The molecule has 118 valence electrons. The number of rotatable bonds is 8. The molecule has 0 saturated carbocycles. The van der Waals surface area contributed by atoms with Crippen LogP contribution in [0.2, 0.25) is 0 Å². The number of hydrogen-bond acceptors (Lipinski definition) is 4. The molecule has 0 spiro atoms. The Balaban J connectivity index is 1.85. The molecule has 5 nitrogen and oxygen atoms in total. The summed E-state index contributed by atoms with van der Waals surface area (Å²) in [5.74, 6) is 0. The van der Waals surface area contributed by atoms with Crippen LogP contribution in [-0.2, 0) is 10.0 Å². The number of hydrogen-bond donors (Lipinski definition) is 2. The summed E-state index contributed by atoms with van der Waals surface area (Å²) in [6.45, 7) is 6.41. The average molecular weight is 311 g/mol. The van der Waals surface area contributed by atoms with E-state index in [2.05, 4.69) is 21.9 Å². The van der Waals surface area contributed by atoms with Crippen LogP contribution in [0.15, 0.2) is 29.2 Å². The quantitative estimate of drug-likeness (QED) is 0.769. The standard InChI is InChI=1S/C15H25N3O2S/c1-2-9-16-14-5-7-15(8-6-14)21(19,20)17-10-13-18-11-3-4-12-18/h5-8,16-17H,2-4,9-13H2,1H3. The number of likely N-dealkylation sites (tertiary alicyclic amines) is 1. The molecule has 1 fully saturated rings. The lowest BCUT2D eigenvalue weighted by Gasteiger charge is -2.15. The summed E-state index contributed by atoms with van der Waals surface area (Å²) in [5, 5.41) is 3.23. The number of nitrogens with one attached hydrogen (secondary N) is 2. The maximum atomic E-state index is 12.2. The summed E-state index contributed by atoms with van der Waals surface area (Å²) in [4.78, 5) is 2.62. The molecule has 1 aromatic rings. The predicted octanol–water partition coefficient (Wildman–Crippen LogP) is 1.88. The molecule has 0 radical (unpaired) electrons. The van der Waals surface area contributed by atoms with Crippen LogP contribution < -0.4 is 10.0 Å². The van der Waals surface area contributed by atoms with E-state index in [1.54, 1.807) is 12.1 Å². The summed E-state index contributed by atoms with van der Waals surface area (Å²) >= 11 is 0. The van der Waals surface area contributed by atoms with E-state index in [4.69, 9.17) is 0 Å². The summed E-state index contributed by atoms with van der Waals surface area (Å²) in [6.07, 6.45) is 3.48. The Kier molecular flexibility index (Phi) is 6.02. The first-order valence-corrected chi connectivity index (χ1v) is 9.16. The SMILES string of the molecule is CCCNc1ccc(S(=O)(=O)NCCN2CCCC2)cc1. The van der Waals surface area contributed by atoms with Gasteiger partial charge in [-0.2, -0.15) is 0 Å². The molecule has 0 atom stereocenters. The molecular weight excluding hydrogens is 286 g/mol. The van der Waals surface area contributed by atoms with Crippen molar-refractivity contribution >= 4 is 15.7 Å². The Bertz CT molecular complexity index is 522. The molecule has 6 heteroatoms. The van der Waals surface area contributed by atoms with Crippen molar-refractivity contribution in [2.75, 3.05) is 38.0 Å². The van der Waals surface area contributed by atoms with E-state index in [1.165, 1.54) is 12.8 Å². The second-order valence-electron chi connectivity index (χ2n) is 5.40. The Hall–Kier alpha value is -1.11. The highest BCUT2D eigenvalue weighted by molar-refractivity contribution is 7.89. The third-order valence-electron chi connectivity index (χ3n) is 3.66. The van der Waals surface area contributed by atoms with Gasteiger partial charge in [0.05, 0.1) is 4.90 Å². The topological polar surface area (TPSA) is 61.4 Å².